The van der Waals surface area contributed by atoms with E-state index in [0.717, 1.165) is 37.9 Å². The second kappa shape index (κ2) is 9.57. The number of carbonyl (C=O) groups excluding carboxylic acids is 2. The quantitative estimate of drug-likeness (QED) is 0.758. The summed E-state index contributed by atoms with van der Waals surface area (Å²) in [5.74, 6) is 0. The molecule has 1 atom stereocenters. The first kappa shape index (κ1) is 20.2. The largest absolute Gasteiger partial charge is 0.444 e. The second-order valence-electron chi connectivity index (χ2n) is 7.54. The van der Waals surface area contributed by atoms with E-state index in [1.807, 2.05) is 51.1 Å². The minimum Gasteiger partial charge on any atom is -0.444 e. The molecule has 1 aromatic carbocycles. The Hall–Kier alpha value is -2.08. The van der Waals surface area contributed by atoms with Crippen LogP contribution in [-0.4, -0.2) is 60.7 Å². The van der Waals surface area contributed by atoms with Crippen molar-refractivity contribution in [3.63, 3.8) is 0 Å². The van der Waals surface area contributed by atoms with Crippen molar-refractivity contribution in [2.24, 2.45) is 0 Å². The summed E-state index contributed by atoms with van der Waals surface area (Å²) in [6.07, 6.45) is 2.98. The highest BCUT2D eigenvalue weighted by molar-refractivity contribution is 5.68. The van der Waals surface area contributed by atoms with Gasteiger partial charge in [0.15, 0.2) is 0 Å². The Balaban J connectivity index is 0.000000190. The Morgan fingerprint density at radius 2 is 1.81 bits per heavy atom. The van der Waals surface area contributed by atoms with E-state index in [9.17, 15) is 9.59 Å². The van der Waals surface area contributed by atoms with Crippen molar-refractivity contribution in [1.82, 2.24) is 9.80 Å². The van der Waals surface area contributed by atoms with Crippen LogP contribution in [0.1, 0.15) is 45.3 Å². The molecular formula is C20H30N2O4. The van der Waals surface area contributed by atoms with Crippen molar-refractivity contribution in [3.8, 4) is 0 Å². The van der Waals surface area contributed by atoms with Gasteiger partial charge in [-0.05, 0) is 39.2 Å². The third-order valence-electron chi connectivity index (χ3n) is 4.18. The van der Waals surface area contributed by atoms with Crippen molar-refractivity contribution in [3.05, 3.63) is 35.9 Å². The molecule has 2 saturated heterocycles. The van der Waals surface area contributed by atoms with Gasteiger partial charge in [-0.25, -0.2) is 4.79 Å². The lowest BCUT2D eigenvalue weighted by Gasteiger charge is -2.30. The number of hydrogen-bond donors (Lipinski definition) is 0. The van der Waals surface area contributed by atoms with E-state index in [2.05, 4.69) is 0 Å². The van der Waals surface area contributed by atoms with Crippen LogP contribution in [0.25, 0.3) is 0 Å². The number of morpholine rings is 1. The number of nitrogens with zero attached hydrogens (tertiary/aromatic N) is 2. The van der Waals surface area contributed by atoms with Crippen LogP contribution < -0.4 is 0 Å². The molecule has 6 nitrogen and oxygen atoms in total. The number of carbonyl (C=O) groups is 2. The van der Waals surface area contributed by atoms with Gasteiger partial charge in [-0.3, -0.25) is 4.79 Å². The summed E-state index contributed by atoms with van der Waals surface area (Å²) >= 11 is 0. The number of rotatable bonds is 2. The lowest BCUT2D eigenvalue weighted by molar-refractivity contribution is -0.125. The lowest BCUT2D eigenvalue weighted by atomic mass is 10.1. The zero-order chi connectivity index (χ0) is 19.0. The molecule has 1 aromatic rings. The summed E-state index contributed by atoms with van der Waals surface area (Å²) < 4.78 is 10.8. The molecule has 0 saturated carbocycles. The Kier molecular flexibility index (Phi) is 7.45. The normalized spacial score (nSPS) is 20.2. The first-order valence-corrected chi connectivity index (χ1v) is 9.23. The summed E-state index contributed by atoms with van der Waals surface area (Å²) in [5.41, 5.74) is 0.777. The van der Waals surface area contributed by atoms with Gasteiger partial charge in [0, 0.05) is 19.6 Å². The molecule has 1 unspecified atom stereocenters. The van der Waals surface area contributed by atoms with Crippen LogP contribution >= 0.6 is 0 Å². The zero-order valence-electron chi connectivity index (χ0n) is 16.0. The monoisotopic (exact) mass is 362 g/mol. The molecule has 144 valence electrons. The van der Waals surface area contributed by atoms with Crippen molar-refractivity contribution in [2.75, 3.05) is 32.8 Å². The highest BCUT2D eigenvalue weighted by atomic mass is 16.6. The minimum atomic E-state index is -0.361. The standard InChI is InChI=1S/C11H13NO2.C9H17NO2/c13-9-12-6-7-14-11(8-12)10-4-2-1-3-5-10;1-9(2,3)12-8(11)10-6-4-5-7-10/h1-5,9,11H,6-8H2;4-7H2,1-3H3. The van der Waals surface area contributed by atoms with Crippen molar-refractivity contribution in [2.45, 2.75) is 45.3 Å². The minimum absolute atomic E-state index is 0.0372. The van der Waals surface area contributed by atoms with E-state index in [0.29, 0.717) is 19.7 Å². The fourth-order valence-corrected chi connectivity index (χ4v) is 2.86. The van der Waals surface area contributed by atoms with E-state index < -0.39 is 0 Å². The summed E-state index contributed by atoms with van der Waals surface area (Å²) in [6.45, 7) is 9.37. The van der Waals surface area contributed by atoms with Crippen LogP contribution in [0.4, 0.5) is 4.79 Å². The second-order valence-corrected chi connectivity index (χ2v) is 7.54. The topological polar surface area (TPSA) is 59.1 Å². The number of hydrogen-bond acceptors (Lipinski definition) is 4. The number of likely N-dealkylation sites (tertiary alicyclic amines) is 1. The van der Waals surface area contributed by atoms with Crippen molar-refractivity contribution < 1.29 is 19.1 Å². The molecule has 2 aliphatic heterocycles. The van der Waals surface area contributed by atoms with Crippen LogP contribution in [0.2, 0.25) is 0 Å². The van der Waals surface area contributed by atoms with Gasteiger partial charge < -0.3 is 19.3 Å². The van der Waals surface area contributed by atoms with Crippen molar-refractivity contribution in [1.29, 1.82) is 0 Å². The van der Waals surface area contributed by atoms with E-state index in [1.54, 1.807) is 9.80 Å². The molecular weight excluding hydrogens is 332 g/mol. The van der Waals surface area contributed by atoms with Gasteiger partial charge in [0.2, 0.25) is 6.41 Å². The maximum absolute atomic E-state index is 11.4. The van der Waals surface area contributed by atoms with E-state index in [-0.39, 0.29) is 17.8 Å². The fourth-order valence-electron chi connectivity index (χ4n) is 2.86. The fraction of sp³-hybridized carbons (Fsp3) is 0.600. The summed E-state index contributed by atoms with van der Waals surface area (Å²) in [7, 11) is 0. The molecule has 0 bridgehead atoms. The number of ether oxygens (including phenoxy) is 2. The van der Waals surface area contributed by atoms with Crippen LogP contribution in [0.15, 0.2) is 30.3 Å². The molecule has 0 aromatic heterocycles. The molecule has 0 aliphatic carbocycles. The summed E-state index contributed by atoms with van der Waals surface area (Å²) in [6, 6.07) is 10.00. The predicted octanol–water partition coefficient (Wildman–Crippen LogP) is 3.23. The molecule has 0 spiro atoms. The number of benzene rings is 1. The lowest BCUT2D eigenvalue weighted by Crippen LogP contribution is -2.37. The molecule has 2 heterocycles. The third kappa shape index (κ3) is 6.67. The Morgan fingerprint density at radius 1 is 1.15 bits per heavy atom. The van der Waals surface area contributed by atoms with E-state index >= 15 is 0 Å². The summed E-state index contributed by atoms with van der Waals surface area (Å²) in [4.78, 5) is 25.5. The van der Waals surface area contributed by atoms with E-state index in [4.69, 9.17) is 9.47 Å². The number of amides is 2. The first-order valence-electron chi connectivity index (χ1n) is 9.23. The average Bonchev–Trinajstić information content (AvgIpc) is 3.17. The molecule has 3 rings (SSSR count). The Labute approximate surface area is 156 Å². The third-order valence-corrected chi connectivity index (χ3v) is 4.18. The van der Waals surface area contributed by atoms with Gasteiger partial charge >= 0.3 is 6.09 Å². The van der Waals surface area contributed by atoms with Crippen molar-refractivity contribution >= 4 is 12.5 Å². The molecule has 26 heavy (non-hydrogen) atoms. The van der Waals surface area contributed by atoms with Crippen LogP contribution in [0.5, 0.6) is 0 Å². The molecule has 2 amide bonds. The van der Waals surface area contributed by atoms with Crippen LogP contribution in [0, 0.1) is 0 Å². The van der Waals surface area contributed by atoms with Gasteiger partial charge in [-0.15, -0.1) is 0 Å². The highest BCUT2D eigenvalue weighted by Gasteiger charge is 2.24. The molecule has 0 N–H and O–H groups in total. The van der Waals surface area contributed by atoms with Gasteiger partial charge in [0.1, 0.15) is 11.7 Å². The molecule has 2 fully saturated rings. The van der Waals surface area contributed by atoms with Gasteiger partial charge in [-0.1, -0.05) is 30.3 Å². The van der Waals surface area contributed by atoms with Gasteiger partial charge in [0.05, 0.1) is 13.2 Å². The Bertz CT molecular complexity index is 565. The highest BCUT2D eigenvalue weighted by Crippen LogP contribution is 2.20. The van der Waals surface area contributed by atoms with Crippen LogP contribution in [-0.2, 0) is 14.3 Å². The zero-order valence-corrected chi connectivity index (χ0v) is 16.0. The Morgan fingerprint density at radius 3 is 2.38 bits per heavy atom. The maximum atomic E-state index is 11.4. The van der Waals surface area contributed by atoms with E-state index in [1.165, 1.54) is 0 Å². The SMILES string of the molecule is CC(C)(C)OC(=O)N1CCCC1.O=CN1CCOC(c2ccccc2)C1. The van der Waals surface area contributed by atoms with Gasteiger partial charge in [-0.2, -0.15) is 0 Å². The smallest absolute Gasteiger partial charge is 0.410 e. The maximum Gasteiger partial charge on any atom is 0.410 e. The van der Waals surface area contributed by atoms with Crippen LogP contribution in [0.3, 0.4) is 0 Å². The molecule has 6 heteroatoms. The molecule has 0 radical (unpaired) electrons. The first-order chi connectivity index (χ1) is 12.4. The molecule has 2 aliphatic rings. The van der Waals surface area contributed by atoms with Gasteiger partial charge in [0.25, 0.3) is 0 Å². The summed E-state index contributed by atoms with van der Waals surface area (Å²) in [5, 5.41) is 0. The predicted molar refractivity (Wildman–Crippen MR) is 99.8 cm³/mol. The average molecular weight is 362 g/mol.